The van der Waals surface area contributed by atoms with Gasteiger partial charge in [0.1, 0.15) is 0 Å². The number of halogens is 2. The molecule has 1 rings (SSSR count). The van der Waals surface area contributed by atoms with Gasteiger partial charge in [-0.3, -0.25) is 4.98 Å². The minimum Gasteiger partial charge on any atom is -0.409 e. The van der Waals surface area contributed by atoms with Crippen molar-refractivity contribution >= 4 is 11.5 Å². The van der Waals surface area contributed by atoms with Gasteiger partial charge in [-0.1, -0.05) is 5.16 Å². The third kappa shape index (κ3) is 3.52. The van der Waals surface area contributed by atoms with Crippen LogP contribution in [0.2, 0.25) is 0 Å². The first-order valence-electron chi connectivity index (χ1n) is 5.16. The molecule has 1 heterocycles. The molecule has 1 aromatic heterocycles. The molecule has 0 aliphatic heterocycles. The molecular formula is C10H14F2N4O2. The molecule has 0 aromatic carbocycles. The number of nitrogens with two attached hydrogens (primary N) is 1. The monoisotopic (exact) mass is 260 g/mol. The molecule has 0 atom stereocenters. The molecule has 0 spiro atoms. The summed E-state index contributed by atoms with van der Waals surface area (Å²) >= 11 is 0. The van der Waals surface area contributed by atoms with Crippen molar-refractivity contribution in [1.82, 2.24) is 4.98 Å². The van der Waals surface area contributed by atoms with Crippen LogP contribution in [0.1, 0.15) is 5.56 Å². The number of pyridine rings is 1. The maximum Gasteiger partial charge on any atom is 0.255 e. The third-order valence-corrected chi connectivity index (χ3v) is 2.25. The van der Waals surface area contributed by atoms with Gasteiger partial charge in [0.15, 0.2) is 5.84 Å². The van der Waals surface area contributed by atoms with E-state index in [1.165, 1.54) is 23.4 Å². The fourth-order valence-corrected chi connectivity index (χ4v) is 1.51. The summed E-state index contributed by atoms with van der Waals surface area (Å²) in [4.78, 5) is 5.04. The average Bonchev–Trinajstić information content (AvgIpc) is 2.37. The van der Waals surface area contributed by atoms with Crippen molar-refractivity contribution in [3.05, 3.63) is 24.0 Å². The number of nitrogens with zero attached hydrogens (tertiary/aromatic N) is 3. The molecule has 0 bridgehead atoms. The number of oxime groups is 1. The lowest BCUT2D eigenvalue weighted by Crippen LogP contribution is -2.33. The van der Waals surface area contributed by atoms with E-state index in [0.717, 1.165) is 0 Å². The van der Waals surface area contributed by atoms with Gasteiger partial charge in [0.2, 0.25) is 0 Å². The first kappa shape index (κ1) is 14.1. The zero-order valence-electron chi connectivity index (χ0n) is 9.50. The Labute approximate surface area is 102 Å². The van der Waals surface area contributed by atoms with Crippen molar-refractivity contribution < 1.29 is 19.1 Å². The lowest BCUT2D eigenvalue weighted by molar-refractivity contribution is 0.153. The summed E-state index contributed by atoms with van der Waals surface area (Å²) in [6.45, 7) is -0.864. The zero-order chi connectivity index (χ0) is 13.5. The predicted molar refractivity (Wildman–Crippen MR) is 62.1 cm³/mol. The van der Waals surface area contributed by atoms with Crippen LogP contribution in [0.25, 0.3) is 0 Å². The second-order valence-electron chi connectivity index (χ2n) is 3.44. The summed E-state index contributed by atoms with van der Waals surface area (Å²) in [5, 5.41) is 20.3. The fourth-order valence-electron chi connectivity index (χ4n) is 1.51. The second-order valence-corrected chi connectivity index (χ2v) is 3.44. The molecule has 0 radical (unpaired) electrons. The standard InChI is InChI=1S/C10H14F2N4O2/c11-9(12)6-16(3-4-17)8-5-14-2-1-7(8)10(13)15-18/h1-2,5,9,17-18H,3-4,6H2,(H2,13,15). The van der Waals surface area contributed by atoms with E-state index in [2.05, 4.69) is 10.1 Å². The van der Waals surface area contributed by atoms with Crippen LogP contribution in [-0.4, -0.2) is 47.3 Å². The summed E-state index contributed by atoms with van der Waals surface area (Å²) in [6.07, 6.45) is 0.152. The highest BCUT2D eigenvalue weighted by molar-refractivity contribution is 6.02. The molecule has 4 N–H and O–H groups in total. The van der Waals surface area contributed by atoms with Gasteiger partial charge in [-0.15, -0.1) is 0 Å². The van der Waals surface area contributed by atoms with Gasteiger partial charge in [-0.25, -0.2) is 8.78 Å². The van der Waals surface area contributed by atoms with E-state index < -0.39 is 13.0 Å². The number of rotatable bonds is 6. The van der Waals surface area contributed by atoms with Crippen LogP contribution in [0, 0.1) is 0 Å². The number of anilines is 1. The van der Waals surface area contributed by atoms with E-state index >= 15 is 0 Å². The van der Waals surface area contributed by atoms with Crippen LogP contribution in [0.4, 0.5) is 14.5 Å². The first-order valence-corrected chi connectivity index (χ1v) is 5.16. The molecular weight excluding hydrogens is 246 g/mol. The van der Waals surface area contributed by atoms with Crippen LogP contribution in [-0.2, 0) is 0 Å². The van der Waals surface area contributed by atoms with E-state index in [-0.39, 0.29) is 30.2 Å². The van der Waals surface area contributed by atoms with E-state index in [1.807, 2.05) is 0 Å². The van der Waals surface area contributed by atoms with Crippen molar-refractivity contribution in [2.75, 3.05) is 24.6 Å². The van der Waals surface area contributed by atoms with Crippen LogP contribution < -0.4 is 10.6 Å². The Balaban J connectivity index is 3.10. The number of alkyl halides is 2. The van der Waals surface area contributed by atoms with Crippen molar-refractivity contribution in [2.45, 2.75) is 6.43 Å². The van der Waals surface area contributed by atoms with Gasteiger partial charge in [0.25, 0.3) is 6.43 Å². The normalized spacial score (nSPS) is 11.9. The van der Waals surface area contributed by atoms with Crippen molar-refractivity contribution in [3.8, 4) is 0 Å². The molecule has 0 saturated carbocycles. The van der Waals surface area contributed by atoms with Crippen LogP contribution in [0.5, 0.6) is 0 Å². The molecule has 0 saturated heterocycles. The van der Waals surface area contributed by atoms with Gasteiger partial charge in [0.05, 0.1) is 25.0 Å². The van der Waals surface area contributed by atoms with E-state index in [4.69, 9.17) is 16.0 Å². The van der Waals surface area contributed by atoms with Crippen molar-refractivity contribution in [3.63, 3.8) is 0 Å². The predicted octanol–water partition coefficient (Wildman–Crippen LogP) is 0.240. The molecule has 8 heteroatoms. The number of aromatic nitrogens is 1. The maximum absolute atomic E-state index is 12.5. The summed E-state index contributed by atoms with van der Waals surface area (Å²) in [5.41, 5.74) is 6.01. The average molecular weight is 260 g/mol. The Morgan fingerprint density at radius 3 is 2.83 bits per heavy atom. The van der Waals surface area contributed by atoms with Crippen molar-refractivity contribution in [1.29, 1.82) is 0 Å². The Hall–Kier alpha value is -1.96. The maximum atomic E-state index is 12.5. The number of hydrogen-bond donors (Lipinski definition) is 3. The smallest absolute Gasteiger partial charge is 0.255 e. The second kappa shape index (κ2) is 6.70. The Morgan fingerprint density at radius 2 is 2.28 bits per heavy atom. The van der Waals surface area contributed by atoms with Crippen LogP contribution in [0.3, 0.4) is 0 Å². The first-order chi connectivity index (χ1) is 8.60. The molecule has 0 fully saturated rings. The van der Waals surface area contributed by atoms with Gasteiger partial charge in [-0.2, -0.15) is 0 Å². The topological polar surface area (TPSA) is 95.0 Å². The third-order valence-electron chi connectivity index (χ3n) is 2.25. The van der Waals surface area contributed by atoms with E-state index in [9.17, 15) is 8.78 Å². The van der Waals surface area contributed by atoms with Crippen LogP contribution in [0.15, 0.2) is 23.6 Å². The molecule has 18 heavy (non-hydrogen) atoms. The highest BCUT2D eigenvalue weighted by atomic mass is 19.3. The van der Waals surface area contributed by atoms with E-state index in [0.29, 0.717) is 0 Å². The highest BCUT2D eigenvalue weighted by Gasteiger charge is 2.17. The zero-order valence-corrected chi connectivity index (χ0v) is 9.50. The Bertz CT molecular complexity index is 415. The van der Waals surface area contributed by atoms with Crippen LogP contribution >= 0.6 is 0 Å². The molecule has 0 aliphatic carbocycles. The number of aliphatic hydroxyl groups is 1. The minimum atomic E-state index is -2.57. The van der Waals surface area contributed by atoms with Gasteiger partial charge >= 0.3 is 0 Å². The summed E-state index contributed by atoms with van der Waals surface area (Å²) < 4.78 is 24.9. The minimum absolute atomic E-state index is 0.00173. The SMILES string of the molecule is N/C(=N/O)c1ccncc1N(CCO)CC(F)F. The number of amidine groups is 1. The summed E-state index contributed by atoms with van der Waals surface area (Å²) in [7, 11) is 0. The Kier molecular flexibility index (Phi) is 5.25. The largest absolute Gasteiger partial charge is 0.409 e. The van der Waals surface area contributed by atoms with Gasteiger partial charge < -0.3 is 20.9 Å². The Morgan fingerprint density at radius 1 is 1.56 bits per heavy atom. The molecule has 6 nitrogen and oxygen atoms in total. The molecule has 1 aromatic rings. The summed E-state index contributed by atoms with van der Waals surface area (Å²) in [5.74, 6) is -0.204. The summed E-state index contributed by atoms with van der Waals surface area (Å²) in [6, 6.07) is 1.44. The molecule has 0 amide bonds. The molecule has 0 aliphatic rings. The quantitative estimate of drug-likeness (QED) is 0.295. The molecule has 0 unspecified atom stereocenters. The highest BCUT2D eigenvalue weighted by Crippen LogP contribution is 2.19. The van der Waals surface area contributed by atoms with Gasteiger partial charge in [0, 0.05) is 18.3 Å². The van der Waals surface area contributed by atoms with Crippen molar-refractivity contribution in [2.24, 2.45) is 10.9 Å². The lowest BCUT2D eigenvalue weighted by Gasteiger charge is -2.25. The van der Waals surface area contributed by atoms with Gasteiger partial charge in [-0.05, 0) is 6.07 Å². The lowest BCUT2D eigenvalue weighted by atomic mass is 10.2. The van der Waals surface area contributed by atoms with E-state index in [1.54, 1.807) is 0 Å². The number of hydrogen-bond acceptors (Lipinski definition) is 5. The molecule has 100 valence electrons. The fraction of sp³-hybridized carbons (Fsp3) is 0.400. The number of aliphatic hydroxyl groups excluding tert-OH is 1.